The van der Waals surface area contributed by atoms with Gasteiger partial charge in [-0.3, -0.25) is 14.4 Å². The van der Waals surface area contributed by atoms with E-state index in [2.05, 4.69) is 16.0 Å². The van der Waals surface area contributed by atoms with Crippen molar-refractivity contribution in [1.29, 1.82) is 0 Å². The molecule has 1 saturated heterocycles. The van der Waals surface area contributed by atoms with Gasteiger partial charge in [-0.25, -0.2) is 0 Å². The van der Waals surface area contributed by atoms with Gasteiger partial charge in [0, 0.05) is 12.1 Å². The lowest BCUT2D eigenvalue weighted by Gasteiger charge is -2.27. The van der Waals surface area contributed by atoms with E-state index < -0.39 is 12.1 Å². The summed E-state index contributed by atoms with van der Waals surface area (Å²) in [5, 5.41) is 8.26. The number of carbonyl (C=O) groups excluding carboxylic acids is 3. The average molecular weight is 331 g/mol. The SMILES string of the molecule is Cc1ccc(C(=O)N[C@H](C(=O)N[C@@H]2CCCNC2=O)C(C)C)cc1. The number of rotatable bonds is 5. The van der Waals surface area contributed by atoms with Gasteiger partial charge in [-0.05, 0) is 37.8 Å². The van der Waals surface area contributed by atoms with Crippen LogP contribution in [0.4, 0.5) is 0 Å². The first-order valence-electron chi connectivity index (χ1n) is 8.34. The molecule has 0 saturated carbocycles. The smallest absolute Gasteiger partial charge is 0.251 e. The maximum Gasteiger partial charge on any atom is 0.251 e. The molecule has 130 valence electrons. The minimum atomic E-state index is -0.687. The van der Waals surface area contributed by atoms with Crippen LogP contribution in [0, 0.1) is 12.8 Å². The maximum atomic E-state index is 12.5. The minimum Gasteiger partial charge on any atom is -0.354 e. The zero-order valence-corrected chi connectivity index (χ0v) is 14.4. The lowest BCUT2D eigenvalue weighted by Crippen LogP contribution is -2.56. The first-order valence-corrected chi connectivity index (χ1v) is 8.34. The van der Waals surface area contributed by atoms with E-state index in [1.54, 1.807) is 12.1 Å². The van der Waals surface area contributed by atoms with Crippen LogP contribution >= 0.6 is 0 Å². The van der Waals surface area contributed by atoms with Crippen LogP contribution in [0.5, 0.6) is 0 Å². The predicted octanol–water partition coefficient (Wildman–Crippen LogP) is 1.14. The fraction of sp³-hybridized carbons (Fsp3) is 0.500. The van der Waals surface area contributed by atoms with Crippen molar-refractivity contribution >= 4 is 17.7 Å². The number of hydrogen-bond donors (Lipinski definition) is 3. The average Bonchev–Trinajstić information content (AvgIpc) is 2.54. The second-order valence-corrected chi connectivity index (χ2v) is 6.56. The molecule has 1 heterocycles. The second kappa shape index (κ2) is 7.95. The van der Waals surface area contributed by atoms with Crippen molar-refractivity contribution in [1.82, 2.24) is 16.0 Å². The van der Waals surface area contributed by atoms with Crippen LogP contribution in [0.15, 0.2) is 24.3 Å². The highest BCUT2D eigenvalue weighted by Gasteiger charge is 2.30. The molecule has 24 heavy (non-hydrogen) atoms. The van der Waals surface area contributed by atoms with Crippen LogP contribution in [0.1, 0.15) is 42.6 Å². The number of amides is 3. The van der Waals surface area contributed by atoms with E-state index in [1.165, 1.54) is 0 Å². The molecule has 6 heteroatoms. The van der Waals surface area contributed by atoms with Gasteiger partial charge >= 0.3 is 0 Å². The van der Waals surface area contributed by atoms with Crippen molar-refractivity contribution < 1.29 is 14.4 Å². The highest BCUT2D eigenvalue weighted by atomic mass is 16.2. The first-order chi connectivity index (χ1) is 11.4. The fourth-order valence-electron chi connectivity index (χ4n) is 2.64. The molecule has 0 bridgehead atoms. The molecule has 0 aliphatic carbocycles. The molecule has 2 rings (SSSR count). The number of hydrogen-bond acceptors (Lipinski definition) is 3. The van der Waals surface area contributed by atoms with Crippen molar-refractivity contribution in [2.75, 3.05) is 6.54 Å². The Morgan fingerprint density at radius 2 is 1.88 bits per heavy atom. The van der Waals surface area contributed by atoms with E-state index in [-0.39, 0.29) is 23.6 Å². The van der Waals surface area contributed by atoms with E-state index in [0.717, 1.165) is 12.0 Å². The molecule has 3 N–H and O–H groups in total. The summed E-state index contributed by atoms with van der Waals surface area (Å²) >= 11 is 0. The van der Waals surface area contributed by atoms with E-state index in [4.69, 9.17) is 0 Å². The molecule has 1 aromatic rings. The number of carbonyl (C=O) groups is 3. The van der Waals surface area contributed by atoms with Crippen molar-refractivity contribution in [2.24, 2.45) is 5.92 Å². The standard InChI is InChI=1S/C18H25N3O3/c1-11(2)15(18(24)20-14-5-4-10-19-17(14)23)21-16(22)13-8-6-12(3)7-9-13/h6-9,11,14-15H,4-5,10H2,1-3H3,(H,19,23)(H,20,24)(H,21,22)/t14-,15+/m1/s1. The highest BCUT2D eigenvalue weighted by molar-refractivity contribution is 5.98. The molecule has 0 aromatic heterocycles. The van der Waals surface area contributed by atoms with E-state index in [1.807, 2.05) is 32.9 Å². The summed E-state index contributed by atoms with van der Waals surface area (Å²) in [6.07, 6.45) is 1.45. The molecular formula is C18H25N3O3. The zero-order chi connectivity index (χ0) is 17.7. The molecule has 6 nitrogen and oxygen atoms in total. The molecule has 0 spiro atoms. The summed E-state index contributed by atoms with van der Waals surface area (Å²) in [5.41, 5.74) is 1.57. The summed E-state index contributed by atoms with van der Waals surface area (Å²) < 4.78 is 0. The van der Waals surface area contributed by atoms with Gasteiger partial charge in [-0.2, -0.15) is 0 Å². The largest absolute Gasteiger partial charge is 0.354 e. The quantitative estimate of drug-likeness (QED) is 0.756. The molecule has 1 fully saturated rings. The van der Waals surface area contributed by atoms with Gasteiger partial charge in [0.05, 0.1) is 0 Å². The third-order valence-corrected chi connectivity index (χ3v) is 4.15. The minimum absolute atomic E-state index is 0.0916. The monoisotopic (exact) mass is 331 g/mol. The van der Waals surface area contributed by atoms with E-state index >= 15 is 0 Å². The maximum absolute atomic E-state index is 12.5. The Bertz CT molecular complexity index is 610. The van der Waals surface area contributed by atoms with Crippen molar-refractivity contribution in [2.45, 2.75) is 45.7 Å². The van der Waals surface area contributed by atoms with Crippen molar-refractivity contribution in [3.05, 3.63) is 35.4 Å². The summed E-state index contributed by atoms with van der Waals surface area (Å²) in [6, 6.07) is 5.96. The fourth-order valence-corrected chi connectivity index (χ4v) is 2.64. The summed E-state index contributed by atoms with van der Waals surface area (Å²) in [7, 11) is 0. The number of piperidine rings is 1. The van der Waals surface area contributed by atoms with Crippen molar-refractivity contribution in [3.8, 4) is 0 Å². The Kier molecular flexibility index (Phi) is 5.95. The van der Waals surface area contributed by atoms with Crippen LogP contribution in [0.2, 0.25) is 0 Å². The Balaban J connectivity index is 2.02. The van der Waals surface area contributed by atoms with Gasteiger partial charge in [0.2, 0.25) is 11.8 Å². The number of aryl methyl sites for hydroxylation is 1. The molecule has 1 aliphatic heterocycles. The van der Waals surface area contributed by atoms with Crippen LogP contribution < -0.4 is 16.0 Å². The van der Waals surface area contributed by atoms with Crippen LogP contribution in [0.25, 0.3) is 0 Å². The molecular weight excluding hydrogens is 306 g/mol. The van der Waals surface area contributed by atoms with Gasteiger partial charge in [0.1, 0.15) is 12.1 Å². The molecule has 3 amide bonds. The normalized spacial score (nSPS) is 18.7. The van der Waals surface area contributed by atoms with Gasteiger partial charge in [-0.15, -0.1) is 0 Å². The third-order valence-electron chi connectivity index (χ3n) is 4.15. The summed E-state index contributed by atoms with van der Waals surface area (Å²) in [6.45, 7) is 6.31. The zero-order valence-electron chi connectivity index (χ0n) is 14.4. The van der Waals surface area contributed by atoms with Gasteiger partial charge in [-0.1, -0.05) is 31.5 Å². The van der Waals surface area contributed by atoms with Gasteiger partial charge < -0.3 is 16.0 Å². The predicted molar refractivity (Wildman–Crippen MR) is 91.4 cm³/mol. The molecule has 0 radical (unpaired) electrons. The first kappa shape index (κ1) is 18.0. The lowest BCUT2D eigenvalue weighted by molar-refractivity contribution is -0.131. The lowest BCUT2D eigenvalue weighted by atomic mass is 10.0. The number of benzene rings is 1. The summed E-state index contributed by atoms with van der Waals surface area (Å²) in [5.74, 6) is -0.877. The van der Waals surface area contributed by atoms with E-state index in [0.29, 0.717) is 18.5 Å². The Labute approximate surface area is 142 Å². The molecule has 1 aliphatic rings. The summed E-state index contributed by atoms with van der Waals surface area (Å²) in [4.78, 5) is 36.7. The van der Waals surface area contributed by atoms with Crippen LogP contribution in [0.3, 0.4) is 0 Å². The van der Waals surface area contributed by atoms with E-state index in [9.17, 15) is 14.4 Å². The Morgan fingerprint density at radius 1 is 1.21 bits per heavy atom. The topological polar surface area (TPSA) is 87.3 Å². The highest BCUT2D eigenvalue weighted by Crippen LogP contribution is 2.09. The molecule has 2 atom stereocenters. The van der Waals surface area contributed by atoms with Gasteiger partial charge in [0.15, 0.2) is 0 Å². The van der Waals surface area contributed by atoms with Crippen LogP contribution in [-0.2, 0) is 9.59 Å². The Morgan fingerprint density at radius 3 is 2.46 bits per heavy atom. The van der Waals surface area contributed by atoms with Crippen molar-refractivity contribution in [3.63, 3.8) is 0 Å². The second-order valence-electron chi connectivity index (χ2n) is 6.56. The number of nitrogens with one attached hydrogen (secondary N) is 3. The molecule has 1 aromatic carbocycles. The van der Waals surface area contributed by atoms with Crippen LogP contribution in [-0.4, -0.2) is 36.3 Å². The molecule has 0 unspecified atom stereocenters. The van der Waals surface area contributed by atoms with Gasteiger partial charge in [0.25, 0.3) is 5.91 Å². The third kappa shape index (κ3) is 4.57. The Hall–Kier alpha value is -2.37.